The maximum Gasteiger partial charge on any atom is 0.317 e. The fraction of sp³-hybridized carbons (Fsp3) is 0.917. The molecule has 4 aliphatic rings. The molecule has 0 radical (unpaired) electrons. The third-order valence-electron chi connectivity index (χ3n) is 4.48. The van der Waals surface area contributed by atoms with Gasteiger partial charge in [0.15, 0.2) is 0 Å². The first-order chi connectivity index (χ1) is 7.72. The number of hydrogen-bond acceptors (Lipinski definition) is 1. The van der Waals surface area contributed by atoms with Crippen LogP contribution in [0.3, 0.4) is 0 Å². The van der Waals surface area contributed by atoms with Crippen LogP contribution < -0.4 is 5.32 Å². The molecule has 0 aromatic rings. The first-order valence-corrected chi connectivity index (χ1v) is 6.42. The number of nitrogens with zero attached hydrogens (tertiary/aromatic N) is 1. The molecule has 0 aromatic heterocycles. The molecule has 0 aromatic carbocycles. The van der Waals surface area contributed by atoms with Crippen LogP contribution in [-0.4, -0.2) is 36.2 Å². The van der Waals surface area contributed by atoms with Gasteiger partial charge >= 0.3 is 6.03 Å². The Kier molecular flexibility index (Phi) is 2.52. The Hall–Kier alpha value is -0.800. The summed E-state index contributed by atoms with van der Waals surface area (Å²) >= 11 is 0. The summed E-state index contributed by atoms with van der Waals surface area (Å²) in [7, 11) is 0. The normalized spacial score (nSPS) is 38.3. The molecule has 3 aliphatic carbocycles. The van der Waals surface area contributed by atoms with E-state index >= 15 is 0 Å². The predicted molar refractivity (Wildman–Crippen MR) is 58.9 cm³/mol. The molecule has 1 saturated heterocycles. The minimum atomic E-state index is -0.798. The molecule has 90 valence electrons. The molecule has 0 spiro atoms. The quantitative estimate of drug-likeness (QED) is 0.728. The molecule has 1 unspecified atom stereocenters. The molecule has 4 fully saturated rings. The van der Waals surface area contributed by atoms with Crippen molar-refractivity contribution in [3.63, 3.8) is 0 Å². The van der Waals surface area contributed by atoms with Crippen LogP contribution in [0.5, 0.6) is 0 Å². The molecule has 4 heteroatoms. The first kappa shape index (κ1) is 10.4. The number of halogens is 1. The molecule has 16 heavy (non-hydrogen) atoms. The van der Waals surface area contributed by atoms with Gasteiger partial charge in [0.25, 0.3) is 0 Å². The number of carbonyl (C=O) groups is 1. The molecule has 1 atom stereocenters. The van der Waals surface area contributed by atoms with Crippen molar-refractivity contribution < 1.29 is 9.18 Å². The monoisotopic (exact) mass is 226 g/mol. The number of urea groups is 1. The van der Waals surface area contributed by atoms with Gasteiger partial charge in [-0.3, -0.25) is 0 Å². The van der Waals surface area contributed by atoms with E-state index in [0.29, 0.717) is 12.0 Å². The average molecular weight is 226 g/mol. The van der Waals surface area contributed by atoms with Crippen LogP contribution in [0.4, 0.5) is 9.18 Å². The van der Waals surface area contributed by atoms with Crippen LogP contribution in [0.25, 0.3) is 0 Å². The zero-order valence-electron chi connectivity index (χ0n) is 9.49. The Labute approximate surface area is 95.4 Å². The number of fused-ring (bicyclic) bond motifs is 3. The Bertz CT molecular complexity index is 283. The highest BCUT2D eigenvalue weighted by Crippen LogP contribution is 2.41. The molecular formula is C12H19FN2O. The predicted octanol–water partition coefficient (Wildman–Crippen LogP) is 1.93. The minimum Gasteiger partial charge on any atom is -0.335 e. The maximum atomic E-state index is 12.6. The van der Waals surface area contributed by atoms with E-state index < -0.39 is 6.17 Å². The van der Waals surface area contributed by atoms with Crippen molar-refractivity contribution in [3.8, 4) is 0 Å². The Morgan fingerprint density at radius 3 is 2.38 bits per heavy atom. The molecule has 2 amide bonds. The lowest BCUT2D eigenvalue weighted by atomic mass is 9.68. The Morgan fingerprint density at radius 2 is 1.88 bits per heavy atom. The third kappa shape index (κ3) is 1.78. The summed E-state index contributed by atoms with van der Waals surface area (Å²) in [6.45, 7) is 0.569. The summed E-state index contributed by atoms with van der Waals surface area (Å²) in [6, 6.07) is 0.310. The minimum absolute atomic E-state index is 0.0496. The van der Waals surface area contributed by atoms with Gasteiger partial charge in [-0.2, -0.15) is 0 Å². The highest BCUT2D eigenvalue weighted by molar-refractivity contribution is 5.75. The molecule has 4 rings (SSSR count). The Balaban J connectivity index is 1.53. The van der Waals surface area contributed by atoms with E-state index in [2.05, 4.69) is 5.32 Å². The number of amides is 2. The summed E-state index contributed by atoms with van der Waals surface area (Å²) in [5.74, 6) is 1.50. The lowest BCUT2D eigenvalue weighted by Gasteiger charge is -2.44. The number of hydrogen-bond donors (Lipinski definition) is 1. The Morgan fingerprint density at radius 1 is 1.19 bits per heavy atom. The summed E-state index contributed by atoms with van der Waals surface area (Å²) in [4.78, 5) is 13.3. The molecular weight excluding hydrogens is 207 g/mol. The van der Waals surface area contributed by atoms with Crippen LogP contribution in [-0.2, 0) is 0 Å². The van der Waals surface area contributed by atoms with Crippen LogP contribution in [0.1, 0.15) is 32.1 Å². The fourth-order valence-electron chi connectivity index (χ4n) is 3.40. The van der Waals surface area contributed by atoms with Gasteiger partial charge in [0.2, 0.25) is 0 Å². The van der Waals surface area contributed by atoms with Gasteiger partial charge in [0, 0.05) is 6.04 Å². The molecule has 2 bridgehead atoms. The van der Waals surface area contributed by atoms with Crippen molar-refractivity contribution in [2.45, 2.75) is 44.3 Å². The highest BCUT2D eigenvalue weighted by atomic mass is 19.1. The summed E-state index contributed by atoms with van der Waals surface area (Å²) in [6.07, 6.45) is 5.56. The van der Waals surface area contributed by atoms with E-state index in [0.717, 1.165) is 12.3 Å². The number of nitrogens with one attached hydrogen (secondary N) is 1. The molecule has 1 aliphatic heterocycles. The van der Waals surface area contributed by atoms with Gasteiger partial charge in [-0.25, -0.2) is 9.18 Å². The van der Waals surface area contributed by atoms with Crippen LogP contribution >= 0.6 is 0 Å². The van der Waals surface area contributed by atoms with Gasteiger partial charge in [-0.15, -0.1) is 0 Å². The second-order valence-electron chi connectivity index (χ2n) is 5.57. The summed E-state index contributed by atoms with van der Waals surface area (Å²) < 4.78 is 12.6. The number of carbonyl (C=O) groups excluding carboxylic acids is 1. The molecule has 1 N–H and O–H groups in total. The fourth-order valence-corrected chi connectivity index (χ4v) is 3.40. The molecule has 1 heterocycles. The van der Waals surface area contributed by atoms with Gasteiger partial charge < -0.3 is 10.2 Å². The zero-order valence-corrected chi connectivity index (χ0v) is 9.49. The standard InChI is InChI=1S/C12H19FN2O/c13-10-6-15(7-10)12(16)14-11-5-8-1-3-9(11)4-2-8/h8-11H,1-7H2,(H,14,16). The van der Waals surface area contributed by atoms with Gasteiger partial charge in [0.05, 0.1) is 13.1 Å². The smallest absolute Gasteiger partial charge is 0.317 e. The topological polar surface area (TPSA) is 32.3 Å². The van der Waals surface area contributed by atoms with E-state index in [4.69, 9.17) is 0 Å². The van der Waals surface area contributed by atoms with Crippen molar-refractivity contribution >= 4 is 6.03 Å². The number of rotatable bonds is 1. The number of alkyl halides is 1. The van der Waals surface area contributed by atoms with Crippen molar-refractivity contribution in [1.29, 1.82) is 0 Å². The van der Waals surface area contributed by atoms with Crippen LogP contribution in [0.15, 0.2) is 0 Å². The second kappa shape index (κ2) is 3.90. The van der Waals surface area contributed by atoms with Gasteiger partial charge in [0.1, 0.15) is 6.17 Å². The highest BCUT2D eigenvalue weighted by Gasteiger charge is 2.38. The van der Waals surface area contributed by atoms with Crippen molar-refractivity contribution in [3.05, 3.63) is 0 Å². The van der Waals surface area contributed by atoms with E-state index in [1.54, 1.807) is 4.90 Å². The van der Waals surface area contributed by atoms with Crippen LogP contribution in [0, 0.1) is 11.8 Å². The largest absolute Gasteiger partial charge is 0.335 e. The summed E-state index contributed by atoms with van der Waals surface area (Å²) in [5, 5.41) is 3.09. The summed E-state index contributed by atoms with van der Waals surface area (Å²) in [5.41, 5.74) is 0. The third-order valence-corrected chi connectivity index (χ3v) is 4.48. The van der Waals surface area contributed by atoms with Crippen molar-refractivity contribution in [2.24, 2.45) is 11.8 Å². The van der Waals surface area contributed by atoms with E-state index in [1.807, 2.05) is 0 Å². The van der Waals surface area contributed by atoms with Crippen molar-refractivity contribution in [1.82, 2.24) is 10.2 Å². The average Bonchev–Trinajstić information content (AvgIpc) is 2.26. The van der Waals surface area contributed by atoms with E-state index in [9.17, 15) is 9.18 Å². The van der Waals surface area contributed by atoms with Crippen LogP contribution in [0.2, 0.25) is 0 Å². The van der Waals surface area contributed by atoms with Gasteiger partial charge in [-0.05, 0) is 31.1 Å². The van der Waals surface area contributed by atoms with E-state index in [1.165, 1.54) is 25.7 Å². The van der Waals surface area contributed by atoms with Gasteiger partial charge in [-0.1, -0.05) is 12.8 Å². The first-order valence-electron chi connectivity index (χ1n) is 6.42. The molecule has 3 saturated carbocycles. The van der Waals surface area contributed by atoms with Crippen molar-refractivity contribution in [2.75, 3.05) is 13.1 Å². The number of likely N-dealkylation sites (tertiary alicyclic amines) is 1. The maximum absolute atomic E-state index is 12.6. The second-order valence-corrected chi connectivity index (χ2v) is 5.57. The molecule has 3 nitrogen and oxygen atoms in total. The SMILES string of the molecule is O=C(NC1CC2CCC1CC2)N1CC(F)C1. The zero-order chi connectivity index (χ0) is 11.1. The lowest BCUT2D eigenvalue weighted by molar-refractivity contribution is 0.0753. The van der Waals surface area contributed by atoms with E-state index in [-0.39, 0.29) is 19.1 Å². The lowest BCUT2D eigenvalue weighted by Crippen LogP contribution is -2.58.